The summed E-state index contributed by atoms with van der Waals surface area (Å²) in [5.41, 5.74) is 3.83. The van der Waals surface area contributed by atoms with E-state index in [1.165, 1.54) is 12.0 Å². The molecule has 3 atom stereocenters. The third-order valence-corrected chi connectivity index (χ3v) is 7.62. The van der Waals surface area contributed by atoms with Crippen LogP contribution in [-0.2, 0) is 31.8 Å². The van der Waals surface area contributed by atoms with Gasteiger partial charge in [0, 0.05) is 33.0 Å². The number of carbonyl (C=O) groups excluding carboxylic acids is 3. The van der Waals surface area contributed by atoms with E-state index >= 15 is 0 Å². The number of hydrogen-bond donors (Lipinski definition) is 2. The third-order valence-electron chi connectivity index (χ3n) is 7.62. The molecular weight excluding hydrogens is 546 g/mol. The van der Waals surface area contributed by atoms with Gasteiger partial charge < -0.3 is 29.7 Å². The lowest BCUT2D eigenvalue weighted by Crippen LogP contribution is -2.49. The number of hydrogen-bond acceptors (Lipinski definition) is 7. The van der Waals surface area contributed by atoms with Gasteiger partial charge in [-0.05, 0) is 35.1 Å². The molecule has 0 bridgehead atoms. The Labute approximate surface area is 253 Å². The smallest absolute Gasteiger partial charge is 0.409 e. The average molecular weight is 588 g/mol. The Morgan fingerprint density at radius 3 is 2.09 bits per heavy atom. The first kappa shape index (κ1) is 31.7. The van der Waals surface area contributed by atoms with Gasteiger partial charge in [0.25, 0.3) is 0 Å². The molecule has 1 aliphatic rings. The summed E-state index contributed by atoms with van der Waals surface area (Å²) in [6, 6.07) is 26.5. The number of benzene rings is 3. The predicted molar refractivity (Wildman–Crippen MR) is 164 cm³/mol. The van der Waals surface area contributed by atoms with Crippen LogP contribution < -0.4 is 10.6 Å². The number of alkyl carbamates (subject to hydrolysis) is 1. The van der Waals surface area contributed by atoms with Crippen molar-refractivity contribution in [2.45, 2.75) is 43.4 Å². The Hall–Kier alpha value is -4.21. The van der Waals surface area contributed by atoms with Crippen LogP contribution in [0.25, 0.3) is 0 Å². The zero-order chi connectivity index (χ0) is 30.6. The minimum atomic E-state index is -0.838. The lowest BCUT2D eigenvalue weighted by molar-refractivity contribution is -0.120. The summed E-state index contributed by atoms with van der Waals surface area (Å²) in [7, 11) is 4.59. The van der Waals surface area contributed by atoms with E-state index in [0.717, 1.165) is 35.1 Å². The van der Waals surface area contributed by atoms with Crippen LogP contribution in [0.4, 0.5) is 9.59 Å². The lowest BCUT2D eigenvalue weighted by atomic mass is 9.81. The summed E-state index contributed by atoms with van der Waals surface area (Å²) in [6.07, 6.45) is 0.621. The minimum absolute atomic E-state index is 0.00107. The van der Waals surface area contributed by atoms with Crippen LogP contribution in [-0.4, -0.2) is 82.0 Å². The molecule has 2 N–H and O–H groups in total. The molecule has 0 aromatic heterocycles. The molecule has 1 fully saturated rings. The number of rotatable bonds is 12. The zero-order valence-electron chi connectivity index (χ0n) is 25.0. The number of amides is 2. The van der Waals surface area contributed by atoms with Crippen molar-refractivity contribution in [2.75, 3.05) is 41.0 Å². The van der Waals surface area contributed by atoms with Crippen LogP contribution >= 0.6 is 0 Å². The molecular formula is C34H41N3O6. The van der Waals surface area contributed by atoms with Gasteiger partial charge in [-0.2, -0.15) is 0 Å². The van der Waals surface area contributed by atoms with Crippen molar-refractivity contribution in [3.05, 3.63) is 107 Å². The summed E-state index contributed by atoms with van der Waals surface area (Å²) in [5, 5.41) is 6.24. The standard InChI is InChI=1S/C34H41N3O6/c1-37(2)34(40)43-23-28-22-42-29(21-35-28)19-18-24-12-10-11-17-27(24)20-30(38)32(36-33(39)41-3)31(25-13-6-4-7-14-25)26-15-8-5-9-16-26/h4-17,28-29,31-32,35H,18-23H2,1-3H3,(H,36,39)/t28-,29+,32+/m0/s1. The number of ether oxygens (including phenoxy) is 3. The fraction of sp³-hybridized carbons (Fsp3) is 0.382. The first-order valence-corrected chi connectivity index (χ1v) is 14.6. The highest BCUT2D eigenvalue weighted by molar-refractivity contribution is 5.91. The zero-order valence-corrected chi connectivity index (χ0v) is 25.0. The Balaban J connectivity index is 1.44. The molecule has 228 valence electrons. The van der Waals surface area contributed by atoms with E-state index in [2.05, 4.69) is 10.6 Å². The fourth-order valence-electron chi connectivity index (χ4n) is 5.28. The van der Waals surface area contributed by atoms with E-state index in [0.29, 0.717) is 13.2 Å². The quantitative estimate of drug-likeness (QED) is 0.325. The fourth-order valence-corrected chi connectivity index (χ4v) is 5.28. The maximum Gasteiger partial charge on any atom is 0.409 e. The van der Waals surface area contributed by atoms with Crippen LogP contribution in [0, 0.1) is 0 Å². The number of morpholine rings is 1. The number of aryl methyl sites for hydroxylation is 1. The van der Waals surface area contributed by atoms with Crippen LogP contribution in [0.5, 0.6) is 0 Å². The maximum absolute atomic E-state index is 14.1. The Bertz CT molecular complexity index is 1290. The Kier molecular flexibility index (Phi) is 11.7. The first-order valence-electron chi connectivity index (χ1n) is 14.6. The summed E-state index contributed by atoms with van der Waals surface area (Å²) in [4.78, 5) is 39.6. The van der Waals surface area contributed by atoms with Gasteiger partial charge in [-0.25, -0.2) is 9.59 Å². The molecule has 4 rings (SSSR count). The van der Waals surface area contributed by atoms with E-state index in [-0.39, 0.29) is 37.0 Å². The molecule has 2 amide bonds. The largest absolute Gasteiger partial charge is 0.453 e. The number of carbonyl (C=O) groups is 3. The molecule has 43 heavy (non-hydrogen) atoms. The predicted octanol–water partition coefficient (Wildman–Crippen LogP) is 4.34. The van der Waals surface area contributed by atoms with Gasteiger partial charge in [0.15, 0.2) is 5.78 Å². The molecule has 0 unspecified atom stereocenters. The number of nitrogens with one attached hydrogen (secondary N) is 2. The van der Waals surface area contributed by atoms with Crippen molar-refractivity contribution < 1.29 is 28.6 Å². The summed E-state index contributed by atoms with van der Waals surface area (Å²) in [6.45, 7) is 1.35. The van der Waals surface area contributed by atoms with Gasteiger partial charge in [-0.15, -0.1) is 0 Å². The number of nitrogens with zero attached hydrogens (tertiary/aromatic N) is 1. The van der Waals surface area contributed by atoms with E-state index in [1.54, 1.807) is 14.1 Å². The van der Waals surface area contributed by atoms with Gasteiger partial charge in [0.1, 0.15) is 12.6 Å². The van der Waals surface area contributed by atoms with Crippen molar-refractivity contribution in [1.82, 2.24) is 15.5 Å². The normalized spacial score (nSPS) is 17.1. The molecule has 0 radical (unpaired) electrons. The molecule has 1 aliphatic heterocycles. The Morgan fingerprint density at radius 1 is 0.930 bits per heavy atom. The lowest BCUT2D eigenvalue weighted by Gasteiger charge is -2.30. The molecule has 3 aromatic rings. The summed E-state index contributed by atoms with van der Waals surface area (Å²) >= 11 is 0. The van der Waals surface area contributed by atoms with Gasteiger partial charge in [0.05, 0.1) is 25.9 Å². The van der Waals surface area contributed by atoms with Crippen molar-refractivity contribution >= 4 is 18.0 Å². The average Bonchev–Trinajstić information content (AvgIpc) is 3.04. The third kappa shape index (κ3) is 9.14. The summed E-state index contributed by atoms with van der Waals surface area (Å²) in [5.74, 6) is -0.505. The van der Waals surface area contributed by atoms with Crippen molar-refractivity contribution in [1.29, 1.82) is 0 Å². The number of ketones is 1. The molecule has 1 heterocycles. The number of Topliss-reactive ketones (excluding diaryl/α,β-unsaturated/α-hetero) is 1. The van der Waals surface area contributed by atoms with Crippen molar-refractivity contribution in [2.24, 2.45) is 0 Å². The molecule has 3 aromatic carbocycles. The Morgan fingerprint density at radius 2 is 1.53 bits per heavy atom. The van der Waals surface area contributed by atoms with E-state index in [9.17, 15) is 14.4 Å². The highest BCUT2D eigenvalue weighted by atomic mass is 16.6. The van der Waals surface area contributed by atoms with Crippen LogP contribution in [0.2, 0.25) is 0 Å². The molecule has 0 aliphatic carbocycles. The molecule has 0 spiro atoms. The monoisotopic (exact) mass is 587 g/mol. The highest BCUT2D eigenvalue weighted by Crippen LogP contribution is 2.30. The molecule has 9 nitrogen and oxygen atoms in total. The summed E-state index contributed by atoms with van der Waals surface area (Å²) < 4.78 is 16.2. The number of methoxy groups -OCH3 is 1. The van der Waals surface area contributed by atoms with Gasteiger partial charge in [-0.3, -0.25) is 4.79 Å². The second-order valence-corrected chi connectivity index (χ2v) is 10.9. The maximum atomic E-state index is 14.1. The van der Waals surface area contributed by atoms with E-state index < -0.39 is 18.1 Å². The molecule has 0 saturated carbocycles. The van der Waals surface area contributed by atoms with E-state index in [1.807, 2.05) is 84.9 Å². The minimum Gasteiger partial charge on any atom is -0.453 e. The van der Waals surface area contributed by atoms with Crippen LogP contribution in [0.15, 0.2) is 84.9 Å². The molecule has 9 heteroatoms. The van der Waals surface area contributed by atoms with Gasteiger partial charge in [-0.1, -0.05) is 84.9 Å². The second kappa shape index (κ2) is 15.9. The SMILES string of the molecule is COC(=O)N[C@H](C(=O)Cc1ccccc1CC[C@@H]1CN[C@H](COC(=O)N(C)C)CO1)C(c1ccccc1)c1ccccc1. The van der Waals surface area contributed by atoms with E-state index in [4.69, 9.17) is 14.2 Å². The second-order valence-electron chi connectivity index (χ2n) is 10.9. The first-order chi connectivity index (χ1) is 20.9. The van der Waals surface area contributed by atoms with Crippen LogP contribution in [0.1, 0.15) is 34.6 Å². The highest BCUT2D eigenvalue weighted by Gasteiger charge is 2.33. The van der Waals surface area contributed by atoms with Crippen molar-refractivity contribution in [3.63, 3.8) is 0 Å². The molecule has 1 saturated heterocycles. The van der Waals surface area contributed by atoms with Gasteiger partial charge >= 0.3 is 12.2 Å². The van der Waals surface area contributed by atoms with Crippen molar-refractivity contribution in [3.8, 4) is 0 Å². The van der Waals surface area contributed by atoms with Gasteiger partial charge in [0.2, 0.25) is 0 Å². The topological polar surface area (TPSA) is 106 Å². The van der Waals surface area contributed by atoms with Crippen LogP contribution in [0.3, 0.4) is 0 Å².